The molecule has 0 bridgehead atoms. The molecule has 3 nitrogen and oxygen atoms in total. The van der Waals surface area contributed by atoms with E-state index in [4.69, 9.17) is 9.47 Å². The highest BCUT2D eigenvalue weighted by molar-refractivity contribution is 5.69. The van der Waals surface area contributed by atoms with Gasteiger partial charge < -0.3 is 9.47 Å². The molecule has 2 fully saturated rings. The summed E-state index contributed by atoms with van der Waals surface area (Å²) < 4.78 is 10.9. The zero-order chi connectivity index (χ0) is 12.1. The molecule has 0 aromatic rings. The van der Waals surface area contributed by atoms with Gasteiger partial charge >= 0.3 is 5.97 Å². The maximum absolute atomic E-state index is 11.5. The molecule has 1 aliphatic heterocycles. The van der Waals surface area contributed by atoms with E-state index in [-0.39, 0.29) is 5.97 Å². The quantitative estimate of drug-likeness (QED) is 0.390. The molecule has 3 unspecified atom stereocenters. The largest absolute Gasteiger partial charge is 0.465 e. The lowest BCUT2D eigenvalue weighted by atomic mass is 9.90. The fourth-order valence-electron chi connectivity index (χ4n) is 2.70. The number of fused-ring (bicyclic) bond motifs is 1. The van der Waals surface area contributed by atoms with E-state index >= 15 is 0 Å². The fraction of sp³-hybridized carbons (Fsp3) is 0.929. The Morgan fingerprint density at radius 3 is 3.00 bits per heavy atom. The molecule has 0 spiro atoms. The van der Waals surface area contributed by atoms with Crippen LogP contribution in [0.15, 0.2) is 0 Å². The Balaban J connectivity index is 1.53. The monoisotopic (exact) mass is 240 g/mol. The molecule has 2 aliphatic rings. The third-order valence-corrected chi connectivity index (χ3v) is 3.84. The molecule has 0 radical (unpaired) electrons. The summed E-state index contributed by atoms with van der Waals surface area (Å²) in [6.45, 7) is 2.75. The van der Waals surface area contributed by atoms with Gasteiger partial charge in [-0.2, -0.15) is 0 Å². The molecule has 1 heterocycles. The van der Waals surface area contributed by atoms with Gasteiger partial charge in [0, 0.05) is 12.3 Å². The first-order valence-electron chi connectivity index (χ1n) is 7.12. The fourth-order valence-corrected chi connectivity index (χ4v) is 2.70. The minimum absolute atomic E-state index is 0.0242. The number of esters is 1. The second kappa shape index (κ2) is 6.39. The number of epoxide rings is 1. The first-order valence-corrected chi connectivity index (χ1v) is 7.12. The first-order chi connectivity index (χ1) is 8.31. The van der Waals surface area contributed by atoms with Crippen molar-refractivity contribution in [3.8, 4) is 0 Å². The van der Waals surface area contributed by atoms with E-state index in [1.807, 2.05) is 0 Å². The van der Waals surface area contributed by atoms with Gasteiger partial charge in [0.1, 0.15) is 0 Å². The second-order valence-electron chi connectivity index (χ2n) is 5.32. The third-order valence-electron chi connectivity index (χ3n) is 3.84. The van der Waals surface area contributed by atoms with Gasteiger partial charge in [-0.1, -0.05) is 32.6 Å². The van der Waals surface area contributed by atoms with Crippen LogP contribution in [0.1, 0.15) is 58.3 Å². The van der Waals surface area contributed by atoms with Crippen LogP contribution in [-0.2, 0) is 14.3 Å². The van der Waals surface area contributed by atoms with Crippen LogP contribution in [-0.4, -0.2) is 24.8 Å². The molecular weight excluding hydrogens is 216 g/mol. The summed E-state index contributed by atoms with van der Waals surface area (Å²) in [7, 11) is 0. The van der Waals surface area contributed by atoms with Gasteiger partial charge in [-0.3, -0.25) is 4.79 Å². The average Bonchev–Trinajstić information content (AvgIpc) is 3.11. The minimum Gasteiger partial charge on any atom is -0.465 e. The van der Waals surface area contributed by atoms with Crippen LogP contribution >= 0.6 is 0 Å². The van der Waals surface area contributed by atoms with Gasteiger partial charge in [-0.05, 0) is 19.3 Å². The molecule has 17 heavy (non-hydrogen) atoms. The Kier molecular flexibility index (Phi) is 4.84. The van der Waals surface area contributed by atoms with Crippen molar-refractivity contribution in [2.24, 2.45) is 5.92 Å². The number of ether oxygens (including phenoxy) is 2. The molecule has 0 N–H and O–H groups in total. The summed E-state index contributed by atoms with van der Waals surface area (Å²) in [4.78, 5) is 11.5. The van der Waals surface area contributed by atoms with Gasteiger partial charge in [0.05, 0.1) is 18.8 Å². The Labute approximate surface area is 104 Å². The maximum Gasteiger partial charge on any atom is 0.305 e. The SMILES string of the molecule is CCCCCCC(=O)OCC1CCCC2OC12. The molecule has 0 aromatic heterocycles. The summed E-state index contributed by atoms with van der Waals surface area (Å²) in [5.74, 6) is 0.442. The highest BCUT2D eigenvalue weighted by atomic mass is 16.6. The predicted octanol–water partition coefficient (Wildman–Crippen LogP) is 3.07. The molecule has 1 saturated carbocycles. The van der Waals surface area contributed by atoms with Crippen molar-refractivity contribution >= 4 is 5.97 Å². The minimum atomic E-state index is -0.0242. The standard InChI is InChI=1S/C14H24O3/c1-2-3-4-5-9-13(15)16-10-11-7-6-8-12-14(11)17-12/h11-12,14H,2-10H2,1H3. The van der Waals surface area contributed by atoms with E-state index in [2.05, 4.69) is 6.92 Å². The summed E-state index contributed by atoms with van der Waals surface area (Å²) >= 11 is 0. The number of rotatable bonds is 7. The number of hydrogen-bond acceptors (Lipinski definition) is 3. The van der Waals surface area contributed by atoms with E-state index < -0.39 is 0 Å². The molecule has 0 amide bonds. The van der Waals surface area contributed by atoms with Crippen molar-refractivity contribution in [2.45, 2.75) is 70.5 Å². The van der Waals surface area contributed by atoms with Gasteiger partial charge in [-0.25, -0.2) is 0 Å². The molecule has 1 aliphatic carbocycles. The Bertz CT molecular complexity index is 252. The van der Waals surface area contributed by atoms with Crippen LogP contribution in [0.5, 0.6) is 0 Å². The Hall–Kier alpha value is -0.570. The van der Waals surface area contributed by atoms with E-state index in [0.29, 0.717) is 31.2 Å². The summed E-state index contributed by atoms with van der Waals surface area (Å²) in [5.41, 5.74) is 0. The van der Waals surface area contributed by atoms with E-state index in [1.54, 1.807) is 0 Å². The topological polar surface area (TPSA) is 38.8 Å². The summed E-state index contributed by atoms with van der Waals surface area (Å²) in [6.07, 6.45) is 9.58. The van der Waals surface area contributed by atoms with Crippen LogP contribution in [0, 0.1) is 5.92 Å². The van der Waals surface area contributed by atoms with E-state index in [1.165, 1.54) is 25.7 Å². The molecular formula is C14H24O3. The van der Waals surface area contributed by atoms with Gasteiger partial charge in [0.15, 0.2) is 0 Å². The number of carbonyl (C=O) groups excluding carboxylic acids is 1. The number of hydrogen-bond donors (Lipinski definition) is 0. The van der Waals surface area contributed by atoms with Crippen molar-refractivity contribution in [1.29, 1.82) is 0 Å². The van der Waals surface area contributed by atoms with Crippen LogP contribution in [0.25, 0.3) is 0 Å². The lowest BCUT2D eigenvalue weighted by Gasteiger charge is -2.17. The van der Waals surface area contributed by atoms with Crippen molar-refractivity contribution < 1.29 is 14.3 Å². The highest BCUT2D eigenvalue weighted by Crippen LogP contribution is 2.40. The summed E-state index contributed by atoms with van der Waals surface area (Å²) in [5, 5.41) is 0. The Morgan fingerprint density at radius 2 is 2.18 bits per heavy atom. The van der Waals surface area contributed by atoms with Crippen LogP contribution in [0.2, 0.25) is 0 Å². The molecule has 3 heteroatoms. The highest BCUT2D eigenvalue weighted by Gasteiger charge is 2.47. The Morgan fingerprint density at radius 1 is 1.29 bits per heavy atom. The first kappa shape index (κ1) is 12.9. The third kappa shape index (κ3) is 3.98. The smallest absolute Gasteiger partial charge is 0.305 e. The van der Waals surface area contributed by atoms with E-state index in [9.17, 15) is 4.79 Å². The number of unbranched alkanes of at least 4 members (excludes halogenated alkanes) is 3. The zero-order valence-corrected chi connectivity index (χ0v) is 10.8. The van der Waals surface area contributed by atoms with E-state index in [0.717, 1.165) is 19.3 Å². The van der Waals surface area contributed by atoms with Crippen molar-refractivity contribution in [3.63, 3.8) is 0 Å². The van der Waals surface area contributed by atoms with Crippen LogP contribution in [0.4, 0.5) is 0 Å². The van der Waals surface area contributed by atoms with Gasteiger partial charge in [0.25, 0.3) is 0 Å². The molecule has 1 saturated heterocycles. The van der Waals surface area contributed by atoms with Gasteiger partial charge in [0.2, 0.25) is 0 Å². The number of carbonyl (C=O) groups is 1. The second-order valence-corrected chi connectivity index (χ2v) is 5.32. The van der Waals surface area contributed by atoms with Crippen LogP contribution < -0.4 is 0 Å². The normalized spacial score (nSPS) is 30.8. The lowest BCUT2D eigenvalue weighted by Crippen LogP contribution is -2.23. The van der Waals surface area contributed by atoms with Crippen LogP contribution in [0.3, 0.4) is 0 Å². The van der Waals surface area contributed by atoms with Crippen molar-refractivity contribution in [2.75, 3.05) is 6.61 Å². The summed E-state index contributed by atoms with van der Waals surface area (Å²) in [6, 6.07) is 0. The molecule has 0 aromatic carbocycles. The molecule has 3 atom stereocenters. The predicted molar refractivity (Wildman–Crippen MR) is 65.7 cm³/mol. The van der Waals surface area contributed by atoms with Crippen molar-refractivity contribution in [3.05, 3.63) is 0 Å². The lowest BCUT2D eigenvalue weighted by molar-refractivity contribution is -0.145. The zero-order valence-electron chi connectivity index (χ0n) is 10.8. The molecule has 2 rings (SSSR count). The maximum atomic E-state index is 11.5. The van der Waals surface area contributed by atoms with Crippen molar-refractivity contribution in [1.82, 2.24) is 0 Å². The average molecular weight is 240 g/mol. The molecule has 98 valence electrons. The van der Waals surface area contributed by atoms with Gasteiger partial charge in [-0.15, -0.1) is 0 Å².